The number of benzene rings is 2. The summed E-state index contributed by atoms with van der Waals surface area (Å²) in [7, 11) is 1.59. The lowest BCUT2D eigenvalue weighted by atomic mass is 10.1. The van der Waals surface area contributed by atoms with Crippen LogP contribution in [0.4, 0.5) is 0 Å². The first kappa shape index (κ1) is 19.5. The summed E-state index contributed by atoms with van der Waals surface area (Å²) in [6, 6.07) is 13.2. The normalized spacial score (nSPS) is 11.1. The molecule has 0 fully saturated rings. The molecular formula is C21H18Cl2N4O2. The lowest BCUT2D eigenvalue weighted by Gasteiger charge is -2.06. The second-order valence-corrected chi connectivity index (χ2v) is 7.42. The highest BCUT2D eigenvalue weighted by atomic mass is 35.5. The zero-order chi connectivity index (χ0) is 20.5. The summed E-state index contributed by atoms with van der Waals surface area (Å²) in [6.45, 7) is 4.44. The van der Waals surface area contributed by atoms with Gasteiger partial charge in [-0.2, -0.15) is 10.1 Å². The lowest BCUT2D eigenvalue weighted by molar-refractivity contribution is 0.413. The first-order chi connectivity index (χ1) is 14.0. The SMILES string of the molecule is COc1ccc(Cl)cc1-c1noc(-c2cccc(Cn3nc(C)c(Cl)c3C)c2)n1. The number of hydrogen-bond donors (Lipinski definition) is 0. The summed E-state index contributed by atoms with van der Waals surface area (Å²) in [5, 5.41) is 9.84. The molecule has 0 saturated heterocycles. The van der Waals surface area contributed by atoms with E-state index in [1.54, 1.807) is 25.3 Å². The van der Waals surface area contributed by atoms with Gasteiger partial charge in [0.25, 0.3) is 5.89 Å². The minimum absolute atomic E-state index is 0.412. The quantitative estimate of drug-likeness (QED) is 0.414. The van der Waals surface area contributed by atoms with Crippen LogP contribution >= 0.6 is 23.2 Å². The molecule has 0 aliphatic carbocycles. The van der Waals surface area contributed by atoms with E-state index >= 15 is 0 Å². The van der Waals surface area contributed by atoms with Crippen molar-refractivity contribution >= 4 is 23.2 Å². The zero-order valence-electron chi connectivity index (χ0n) is 16.1. The van der Waals surface area contributed by atoms with Gasteiger partial charge in [-0.15, -0.1) is 0 Å². The van der Waals surface area contributed by atoms with Gasteiger partial charge in [-0.1, -0.05) is 40.5 Å². The molecule has 0 saturated carbocycles. The third-order valence-corrected chi connectivity index (χ3v) is 5.41. The Morgan fingerprint density at radius 3 is 2.66 bits per heavy atom. The van der Waals surface area contributed by atoms with E-state index in [1.165, 1.54) is 0 Å². The number of ether oxygens (including phenoxy) is 1. The lowest BCUT2D eigenvalue weighted by Crippen LogP contribution is -2.04. The van der Waals surface area contributed by atoms with Gasteiger partial charge in [-0.25, -0.2) is 0 Å². The highest BCUT2D eigenvalue weighted by Gasteiger charge is 2.16. The average Bonchev–Trinajstić information content (AvgIpc) is 3.30. The number of aromatic nitrogens is 4. The first-order valence-electron chi connectivity index (χ1n) is 8.92. The Morgan fingerprint density at radius 1 is 1.10 bits per heavy atom. The van der Waals surface area contributed by atoms with E-state index in [9.17, 15) is 0 Å². The van der Waals surface area contributed by atoms with Crippen molar-refractivity contribution in [2.24, 2.45) is 0 Å². The molecule has 2 aromatic carbocycles. The zero-order valence-corrected chi connectivity index (χ0v) is 17.6. The Morgan fingerprint density at radius 2 is 1.93 bits per heavy atom. The summed E-state index contributed by atoms with van der Waals surface area (Å²) < 4.78 is 12.8. The topological polar surface area (TPSA) is 66.0 Å². The van der Waals surface area contributed by atoms with Crippen molar-refractivity contribution in [2.45, 2.75) is 20.4 Å². The highest BCUT2D eigenvalue weighted by Crippen LogP contribution is 2.32. The van der Waals surface area contributed by atoms with Gasteiger partial charge in [0, 0.05) is 10.6 Å². The van der Waals surface area contributed by atoms with Gasteiger partial charge < -0.3 is 9.26 Å². The number of nitrogens with zero attached hydrogens (tertiary/aromatic N) is 4. The van der Waals surface area contributed by atoms with Crippen LogP contribution < -0.4 is 4.74 Å². The minimum atomic E-state index is 0.412. The minimum Gasteiger partial charge on any atom is -0.496 e. The molecule has 8 heteroatoms. The number of rotatable bonds is 5. The molecule has 0 spiro atoms. The number of hydrogen-bond acceptors (Lipinski definition) is 5. The molecular weight excluding hydrogens is 411 g/mol. The van der Waals surface area contributed by atoms with E-state index in [0.29, 0.717) is 39.6 Å². The second-order valence-electron chi connectivity index (χ2n) is 6.61. The van der Waals surface area contributed by atoms with Crippen LogP contribution in [0.25, 0.3) is 22.8 Å². The van der Waals surface area contributed by atoms with Gasteiger partial charge in [0.1, 0.15) is 5.75 Å². The van der Waals surface area contributed by atoms with Crippen LogP contribution in [-0.4, -0.2) is 27.0 Å². The summed E-state index contributed by atoms with van der Waals surface area (Å²) in [5.74, 6) is 1.45. The molecule has 148 valence electrons. The Kier molecular flexibility index (Phi) is 5.30. The third kappa shape index (κ3) is 3.86. The number of aryl methyl sites for hydroxylation is 1. The van der Waals surface area contributed by atoms with E-state index in [0.717, 1.165) is 22.5 Å². The van der Waals surface area contributed by atoms with Crippen LogP contribution in [0.3, 0.4) is 0 Å². The van der Waals surface area contributed by atoms with Crippen LogP contribution in [0.1, 0.15) is 17.0 Å². The first-order valence-corrected chi connectivity index (χ1v) is 9.68. The summed E-state index contributed by atoms with van der Waals surface area (Å²) in [4.78, 5) is 4.52. The van der Waals surface area contributed by atoms with Gasteiger partial charge in [0.2, 0.25) is 5.82 Å². The molecule has 6 nitrogen and oxygen atoms in total. The molecule has 0 aliphatic rings. The fourth-order valence-corrected chi connectivity index (χ4v) is 3.42. The standard InChI is InChI=1S/C21H18Cl2N4O2/c1-12-19(23)13(2)27(25-12)11-14-5-4-6-15(9-14)21-24-20(26-29-21)17-10-16(22)7-8-18(17)28-3/h4-10H,11H2,1-3H3. The van der Waals surface area contributed by atoms with Crippen molar-refractivity contribution < 1.29 is 9.26 Å². The number of halogens is 2. The fraction of sp³-hybridized carbons (Fsp3) is 0.190. The molecule has 2 aromatic heterocycles. The maximum Gasteiger partial charge on any atom is 0.258 e. The highest BCUT2D eigenvalue weighted by molar-refractivity contribution is 6.31. The molecule has 2 heterocycles. The molecule has 29 heavy (non-hydrogen) atoms. The fourth-order valence-electron chi connectivity index (χ4n) is 3.11. The Balaban J connectivity index is 1.64. The molecule has 0 amide bonds. The van der Waals surface area contributed by atoms with Crippen LogP contribution in [0.2, 0.25) is 10.0 Å². The smallest absolute Gasteiger partial charge is 0.258 e. The van der Waals surface area contributed by atoms with Crippen LogP contribution in [0.15, 0.2) is 47.0 Å². The Labute approximate surface area is 178 Å². The third-order valence-electron chi connectivity index (χ3n) is 4.63. The van der Waals surface area contributed by atoms with E-state index in [4.69, 9.17) is 32.5 Å². The van der Waals surface area contributed by atoms with Gasteiger partial charge in [-0.3, -0.25) is 4.68 Å². The van der Waals surface area contributed by atoms with E-state index in [-0.39, 0.29) is 0 Å². The Hall–Kier alpha value is -2.83. The van der Waals surface area contributed by atoms with Crippen molar-refractivity contribution in [1.29, 1.82) is 0 Å². The van der Waals surface area contributed by atoms with E-state index < -0.39 is 0 Å². The van der Waals surface area contributed by atoms with Crippen molar-refractivity contribution in [3.8, 4) is 28.6 Å². The monoisotopic (exact) mass is 428 g/mol. The molecule has 0 atom stereocenters. The summed E-state index contributed by atoms with van der Waals surface area (Å²) in [6.07, 6.45) is 0. The van der Waals surface area contributed by atoms with E-state index in [1.807, 2.05) is 42.8 Å². The van der Waals surface area contributed by atoms with Crippen LogP contribution in [0.5, 0.6) is 5.75 Å². The van der Waals surface area contributed by atoms with Crippen molar-refractivity contribution in [2.75, 3.05) is 7.11 Å². The number of methoxy groups -OCH3 is 1. The maximum atomic E-state index is 6.25. The van der Waals surface area contributed by atoms with E-state index in [2.05, 4.69) is 15.2 Å². The maximum absolute atomic E-state index is 6.25. The van der Waals surface area contributed by atoms with Gasteiger partial charge in [0.05, 0.1) is 35.6 Å². The van der Waals surface area contributed by atoms with Crippen molar-refractivity contribution in [3.63, 3.8) is 0 Å². The average molecular weight is 429 g/mol. The van der Waals surface area contributed by atoms with Gasteiger partial charge in [0.15, 0.2) is 0 Å². The van der Waals surface area contributed by atoms with Crippen LogP contribution in [-0.2, 0) is 6.54 Å². The van der Waals surface area contributed by atoms with Crippen LogP contribution in [0, 0.1) is 13.8 Å². The molecule has 0 bridgehead atoms. The predicted molar refractivity (Wildman–Crippen MR) is 113 cm³/mol. The molecule has 0 unspecified atom stereocenters. The molecule has 4 aromatic rings. The van der Waals surface area contributed by atoms with Crippen molar-refractivity contribution in [1.82, 2.24) is 19.9 Å². The van der Waals surface area contributed by atoms with Gasteiger partial charge >= 0.3 is 0 Å². The molecule has 0 radical (unpaired) electrons. The summed E-state index contributed by atoms with van der Waals surface area (Å²) in [5.41, 5.74) is 4.28. The Bertz CT molecular complexity index is 1180. The van der Waals surface area contributed by atoms with Crippen molar-refractivity contribution in [3.05, 3.63) is 69.5 Å². The second kappa shape index (κ2) is 7.89. The van der Waals surface area contributed by atoms with Gasteiger partial charge in [-0.05, 0) is 49.7 Å². The molecule has 4 rings (SSSR count). The summed E-state index contributed by atoms with van der Waals surface area (Å²) >= 11 is 12.4. The predicted octanol–water partition coefficient (Wildman–Crippen LogP) is 5.58. The molecule has 0 N–H and O–H groups in total. The molecule has 0 aliphatic heterocycles. The largest absolute Gasteiger partial charge is 0.496 e.